The molecule has 4 aromatic carbocycles. The summed E-state index contributed by atoms with van der Waals surface area (Å²) in [7, 11) is 0. The van der Waals surface area contributed by atoms with Gasteiger partial charge in [0.15, 0.2) is 23.0 Å². The van der Waals surface area contributed by atoms with E-state index in [1.54, 1.807) is 0 Å². The van der Waals surface area contributed by atoms with Crippen molar-refractivity contribution in [2.24, 2.45) is 0 Å². The van der Waals surface area contributed by atoms with Crippen LogP contribution in [0.1, 0.15) is 43.5 Å². The van der Waals surface area contributed by atoms with Crippen LogP contribution in [0, 0.1) is 0 Å². The summed E-state index contributed by atoms with van der Waals surface area (Å²) in [5.41, 5.74) is 6.63. The number of hydrogen-bond acceptors (Lipinski definition) is 7. The quantitative estimate of drug-likeness (QED) is 0.132. The summed E-state index contributed by atoms with van der Waals surface area (Å²) in [6.07, 6.45) is 2.14. The van der Waals surface area contributed by atoms with Crippen LogP contribution in [0.25, 0.3) is 22.6 Å². The monoisotopic (exact) mass is 617 g/mol. The molecule has 0 radical (unpaired) electrons. The molecule has 0 spiro atoms. The van der Waals surface area contributed by atoms with E-state index in [2.05, 4.69) is 83.1 Å². The fourth-order valence-electron chi connectivity index (χ4n) is 6.09. The van der Waals surface area contributed by atoms with Crippen molar-refractivity contribution in [1.29, 1.82) is 0 Å². The summed E-state index contributed by atoms with van der Waals surface area (Å²) >= 11 is 0. The van der Waals surface area contributed by atoms with E-state index in [0.29, 0.717) is 26.2 Å². The number of benzene rings is 4. The third-order valence-corrected chi connectivity index (χ3v) is 8.34. The molecule has 0 unspecified atom stereocenters. The van der Waals surface area contributed by atoms with Crippen LogP contribution in [0.2, 0.25) is 0 Å². The summed E-state index contributed by atoms with van der Waals surface area (Å²) in [6, 6.07) is 31.2. The standard InChI is InChI=1S/C38H39N3O5/c1-3-5-19-41-32(37(29-13-15-31(16-14-29)42-4-2)39-38(41)30-9-7-6-8-10-30)24-40(22-27-11-17-33-35(20-27)45-25-43-33)23-28-12-18-34-36(21-28)46-26-44-34/h6-18,20-21H,3-5,19,22-26H2,1-2H3. The first-order valence-electron chi connectivity index (χ1n) is 16.1. The summed E-state index contributed by atoms with van der Waals surface area (Å²) in [4.78, 5) is 7.82. The summed E-state index contributed by atoms with van der Waals surface area (Å²) < 4.78 is 30.9. The number of unbranched alkanes of at least 4 members (excludes halogenated alkanes) is 1. The number of aromatic nitrogens is 2. The third kappa shape index (κ3) is 6.39. The van der Waals surface area contributed by atoms with E-state index in [-0.39, 0.29) is 13.6 Å². The van der Waals surface area contributed by atoms with Gasteiger partial charge in [-0.05, 0) is 73.0 Å². The van der Waals surface area contributed by atoms with Crippen molar-refractivity contribution in [2.45, 2.75) is 52.9 Å². The largest absolute Gasteiger partial charge is 0.494 e. The topological polar surface area (TPSA) is 67.2 Å². The van der Waals surface area contributed by atoms with Gasteiger partial charge in [0.05, 0.1) is 18.0 Å². The molecule has 46 heavy (non-hydrogen) atoms. The average Bonchev–Trinajstić information content (AvgIpc) is 3.83. The van der Waals surface area contributed by atoms with E-state index >= 15 is 0 Å². The van der Waals surface area contributed by atoms with Crippen LogP contribution < -0.4 is 23.7 Å². The Morgan fingerprint density at radius 3 is 1.93 bits per heavy atom. The van der Waals surface area contributed by atoms with E-state index in [9.17, 15) is 0 Å². The highest BCUT2D eigenvalue weighted by atomic mass is 16.7. The van der Waals surface area contributed by atoms with E-state index in [1.165, 1.54) is 5.69 Å². The zero-order valence-electron chi connectivity index (χ0n) is 26.4. The van der Waals surface area contributed by atoms with Crippen LogP contribution in [0.15, 0.2) is 91.0 Å². The van der Waals surface area contributed by atoms with E-state index in [1.807, 2.05) is 31.2 Å². The molecule has 0 aliphatic carbocycles. The third-order valence-electron chi connectivity index (χ3n) is 8.34. The Bertz CT molecular complexity index is 1730. The lowest BCUT2D eigenvalue weighted by Crippen LogP contribution is -2.24. The van der Waals surface area contributed by atoms with Gasteiger partial charge in [-0.3, -0.25) is 4.90 Å². The van der Waals surface area contributed by atoms with Gasteiger partial charge in [0.25, 0.3) is 0 Å². The van der Waals surface area contributed by atoms with Crippen molar-refractivity contribution >= 4 is 0 Å². The molecule has 5 aromatic rings. The number of rotatable bonds is 13. The maximum Gasteiger partial charge on any atom is 0.231 e. The Balaban J connectivity index is 1.31. The van der Waals surface area contributed by atoms with Gasteiger partial charge in [0.1, 0.15) is 11.6 Å². The molecule has 3 heterocycles. The fraction of sp³-hybridized carbons (Fsp3) is 0.289. The first-order chi connectivity index (χ1) is 22.7. The van der Waals surface area contributed by atoms with Crippen molar-refractivity contribution in [2.75, 3.05) is 20.2 Å². The fourth-order valence-corrected chi connectivity index (χ4v) is 6.09. The lowest BCUT2D eigenvalue weighted by Gasteiger charge is -2.25. The molecule has 7 rings (SSSR count). The maximum atomic E-state index is 5.77. The van der Waals surface area contributed by atoms with E-state index < -0.39 is 0 Å². The predicted octanol–water partition coefficient (Wildman–Crippen LogP) is 8.08. The van der Waals surface area contributed by atoms with Crippen LogP contribution in [-0.2, 0) is 26.2 Å². The highest BCUT2D eigenvalue weighted by Crippen LogP contribution is 2.36. The average molecular weight is 618 g/mol. The highest BCUT2D eigenvalue weighted by Gasteiger charge is 2.24. The van der Waals surface area contributed by atoms with Gasteiger partial charge >= 0.3 is 0 Å². The van der Waals surface area contributed by atoms with Crippen molar-refractivity contribution in [1.82, 2.24) is 14.5 Å². The van der Waals surface area contributed by atoms with Gasteiger partial charge in [-0.15, -0.1) is 0 Å². The minimum absolute atomic E-state index is 0.254. The van der Waals surface area contributed by atoms with Gasteiger partial charge in [0.2, 0.25) is 13.6 Å². The summed E-state index contributed by atoms with van der Waals surface area (Å²) in [6.45, 7) is 8.33. The van der Waals surface area contributed by atoms with Crippen LogP contribution in [-0.4, -0.2) is 34.6 Å². The second-order valence-corrected chi connectivity index (χ2v) is 11.6. The molecule has 0 N–H and O–H groups in total. The Kier molecular flexibility index (Phi) is 8.78. The number of hydrogen-bond donors (Lipinski definition) is 0. The molecule has 0 amide bonds. The van der Waals surface area contributed by atoms with Gasteiger partial charge in [0, 0.05) is 37.3 Å². The van der Waals surface area contributed by atoms with Crippen molar-refractivity contribution < 1.29 is 23.7 Å². The number of imidazole rings is 1. The Morgan fingerprint density at radius 1 is 0.696 bits per heavy atom. The second-order valence-electron chi connectivity index (χ2n) is 11.6. The second kappa shape index (κ2) is 13.6. The van der Waals surface area contributed by atoms with E-state index in [4.69, 9.17) is 28.7 Å². The van der Waals surface area contributed by atoms with Crippen LogP contribution in [0.5, 0.6) is 28.7 Å². The van der Waals surface area contributed by atoms with Crippen molar-refractivity contribution in [3.8, 4) is 51.4 Å². The molecule has 0 bridgehead atoms. The van der Waals surface area contributed by atoms with Crippen LogP contribution >= 0.6 is 0 Å². The molecule has 2 aliphatic heterocycles. The van der Waals surface area contributed by atoms with E-state index in [0.717, 1.165) is 81.9 Å². The van der Waals surface area contributed by atoms with Crippen LogP contribution in [0.4, 0.5) is 0 Å². The Labute approximate surface area is 270 Å². The molecule has 0 atom stereocenters. The lowest BCUT2D eigenvalue weighted by molar-refractivity contribution is 0.173. The number of ether oxygens (including phenoxy) is 5. The molecule has 0 saturated heterocycles. The summed E-state index contributed by atoms with van der Waals surface area (Å²) in [5, 5.41) is 0. The first kappa shape index (κ1) is 29.7. The predicted molar refractivity (Wildman–Crippen MR) is 177 cm³/mol. The number of nitrogens with zero attached hydrogens (tertiary/aromatic N) is 3. The molecule has 8 nitrogen and oxygen atoms in total. The van der Waals surface area contributed by atoms with Crippen molar-refractivity contribution in [3.05, 3.63) is 108 Å². The zero-order chi connectivity index (χ0) is 31.3. The molecule has 0 saturated carbocycles. The maximum absolute atomic E-state index is 5.77. The summed E-state index contributed by atoms with van der Waals surface area (Å²) in [5.74, 6) is 4.99. The van der Waals surface area contributed by atoms with Gasteiger partial charge < -0.3 is 28.3 Å². The molecule has 1 aromatic heterocycles. The lowest BCUT2D eigenvalue weighted by atomic mass is 10.1. The molecular weight excluding hydrogens is 578 g/mol. The molecule has 0 fully saturated rings. The highest BCUT2D eigenvalue weighted by molar-refractivity contribution is 5.69. The van der Waals surface area contributed by atoms with Gasteiger partial charge in [-0.2, -0.15) is 0 Å². The minimum Gasteiger partial charge on any atom is -0.494 e. The number of fused-ring (bicyclic) bond motifs is 2. The SMILES string of the molecule is CCCCn1c(-c2ccccc2)nc(-c2ccc(OCC)cc2)c1CN(Cc1ccc2c(c1)OCO2)Cc1ccc2c(c1)OCO2. The molecule has 236 valence electrons. The van der Waals surface area contributed by atoms with Crippen LogP contribution in [0.3, 0.4) is 0 Å². The Morgan fingerprint density at radius 2 is 1.33 bits per heavy atom. The van der Waals surface area contributed by atoms with Crippen molar-refractivity contribution in [3.63, 3.8) is 0 Å². The normalized spacial score (nSPS) is 13.0. The van der Waals surface area contributed by atoms with Gasteiger partial charge in [-0.25, -0.2) is 4.98 Å². The molecular formula is C38H39N3O5. The molecule has 2 aliphatic rings. The molecule has 8 heteroatoms. The zero-order valence-corrected chi connectivity index (χ0v) is 26.4. The smallest absolute Gasteiger partial charge is 0.231 e. The first-order valence-corrected chi connectivity index (χ1v) is 16.1. The van der Waals surface area contributed by atoms with Gasteiger partial charge in [-0.1, -0.05) is 55.8 Å². The minimum atomic E-state index is 0.254. The Hall–Kier alpha value is -4.95.